The summed E-state index contributed by atoms with van der Waals surface area (Å²) in [6, 6.07) is 17.7. The maximum atomic E-state index is 5.74. The second-order valence-electron chi connectivity index (χ2n) is 6.68. The Kier molecular flexibility index (Phi) is 5.74. The molecule has 0 aliphatic heterocycles. The Morgan fingerprint density at radius 3 is 2.04 bits per heavy atom. The smallest absolute Gasteiger partial charge is 0.119 e. The van der Waals surface area contributed by atoms with Gasteiger partial charge in [-0.15, -0.1) is 0 Å². The van der Waals surface area contributed by atoms with Crippen molar-refractivity contribution < 1.29 is 4.74 Å². The van der Waals surface area contributed by atoms with Gasteiger partial charge in [-0.05, 0) is 54.0 Å². The van der Waals surface area contributed by atoms with Crippen molar-refractivity contribution in [3.63, 3.8) is 0 Å². The van der Waals surface area contributed by atoms with Crippen molar-refractivity contribution in [2.75, 3.05) is 6.61 Å². The minimum absolute atomic E-state index is 0.784. The van der Waals surface area contributed by atoms with E-state index in [9.17, 15) is 0 Å². The quantitative estimate of drug-likeness (QED) is 0.548. The fraction of sp³-hybridized carbons (Fsp3) is 0.455. The summed E-state index contributed by atoms with van der Waals surface area (Å²) >= 11 is 0. The molecule has 0 amide bonds. The largest absolute Gasteiger partial charge is 0.494 e. The first kappa shape index (κ1) is 16.1. The van der Waals surface area contributed by atoms with Crippen molar-refractivity contribution >= 4 is 0 Å². The average molecular weight is 308 g/mol. The summed E-state index contributed by atoms with van der Waals surface area (Å²) in [5, 5.41) is 0. The standard InChI is InChI=1S/C22H28O/c1-2-3-17-23-22-15-13-21(14-16-22)20-11-9-19(10-12-20)18-7-5-4-6-8-18/h9-16,18H,2-8,17H2,1H3. The van der Waals surface area contributed by atoms with E-state index in [0.29, 0.717) is 0 Å². The molecule has 122 valence electrons. The molecule has 0 atom stereocenters. The lowest BCUT2D eigenvalue weighted by atomic mass is 9.84. The molecule has 3 rings (SSSR count). The summed E-state index contributed by atoms with van der Waals surface area (Å²) in [5.41, 5.74) is 4.08. The van der Waals surface area contributed by atoms with Gasteiger partial charge in [0.15, 0.2) is 0 Å². The lowest BCUT2D eigenvalue weighted by molar-refractivity contribution is 0.309. The Hall–Kier alpha value is -1.76. The minimum Gasteiger partial charge on any atom is -0.494 e. The van der Waals surface area contributed by atoms with E-state index in [1.165, 1.54) is 55.2 Å². The van der Waals surface area contributed by atoms with E-state index in [-0.39, 0.29) is 0 Å². The van der Waals surface area contributed by atoms with Crippen LogP contribution in [0.15, 0.2) is 48.5 Å². The van der Waals surface area contributed by atoms with Crippen molar-refractivity contribution in [2.24, 2.45) is 0 Å². The molecule has 1 aliphatic carbocycles. The van der Waals surface area contributed by atoms with Gasteiger partial charge in [0.2, 0.25) is 0 Å². The fourth-order valence-corrected chi connectivity index (χ4v) is 3.46. The molecule has 0 saturated heterocycles. The van der Waals surface area contributed by atoms with Crippen LogP contribution >= 0.6 is 0 Å². The highest BCUT2D eigenvalue weighted by atomic mass is 16.5. The lowest BCUT2D eigenvalue weighted by Crippen LogP contribution is -2.04. The predicted octanol–water partition coefficient (Wildman–Crippen LogP) is 6.58. The maximum Gasteiger partial charge on any atom is 0.119 e. The van der Waals surface area contributed by atoms with E-state index in [1.54, 1.807) is 0 Å². The monoisotopic (exact) mass is 308 g/mol. The van der Waals surface area contributed by atoms with Crippen molar-refractivity contribution in [3.05, 3.63) is 54.1 Å². The van der Waals surface area contributed by atoms with E-state index in [0.717, 1.165) is 24.7 Å². The third-order valence-electron chi connectivity index (χ3n) is 4.94. The first-order chi connectivity index (χ1) is 11.4. The van der Waals surface area contributed by atoms with E-state index in [4.69, 9.17) is 4.74 Å². The molecule has 2 aromatic rings. The SMILES string of the molecule is CCCCOc1ccc(-c2ccc(C3CCCCC3)cc2)cc1. The molecule has 1 fully saturated rings. The highest BCUT2D eigenvalue weighted by Gasteiger charge is 2.15. The van der Waals surface area contributed by atoms with Crippen LogP contribution in [0, 0.1) is 0 Å². The van der Waals surface area contributed by atoms with Crippen LogP contribution in [-0.2, 0) is 0 Å². The molecule has 0 unspecified atom stereocenters. The molecule has 0 radical (unpaired) electrons. The number of unbranched alkanes of at least 4 members (excludes halogenated alkanes) is 1. The first-order valence-corrected chi connectivity index (χ1v) is 9.20. The van der Waals surface area contributed by atoms with Gasteiger partial charge < -0.3 is 4.74 Å². The van der Waals surface area contributed by atoms with Gasteiger partial charge in [-0.3, -0.25) is 0 Å². The molecule has 23 heavy (non-hydrogen) atoms. The molecule has 1 nitrogen and oxygen atoms in total. The maximum absolute atomic E-state index is 5.74. The molecular weight excluding hydrogens is 280 g/mol. The van der Waals surface area contributed by atoms with Crippen LogP contribution in [0.1, 0.15) is 63.4 Å². The zero-order valence-electron chi connectivity index (χ0n) is 14.3. The Morgan fingerprint density at radius 1 is 0.826 bits per heavy atom. The third-order valence-corrected chi connectivity index (χ3v) is 4.94. The molecule has 2 aromatic carbocycles. The lowest BCUT2D eigenvalue weighted by Gasteiger charge is -2.22. The van der Waals surface area contributed by atoms with Gasteiger partial charge in [-0.2, -0.15) is 0 Å². The van der Waals surface area contributed by atoms with Crippen molar-refractivity contribution in [3.8, 4) is 16.9 Å². The summed E-state index contributed by atoms with van der Waals surface area (Å²) in [4.78, 5) is 0. The zero-order chi connectivity index (χ0) is 15.9. The van der Waals surface area contributed by atoms with Crippen molar-refractivity contribution in [2.45, 2.75) is 57.8 Å². The highest BCUT2D eigenvalue weighted by Crippen LogP contribution is 2.33. The summed E-state index contributed by atoms with van der Waals surface area (Å²) in [7, 11) is 0. The number of hydrogen-bond donors (Lipinski definition) is 0. The first-order valence-electron chi connectivity index (χ1n) is 9.20. The van der Waals surface area contributed by atoms with Gasteiger partial charge in [0.25, 0.3) is 0 Å². The van der Waals surface area contributed by atoms with Crippen LogP contribution in [0.5, 0.6) is 5.75 Å². The molecule has 1 saturated carbocycles. The molecule has 0 aromatic heterocycles. The summed E-state index contributed by atoms with van der Waals surface area (Å²) in [6.07, 6.45) is 9.22. The van der Waals surface area contributed by atoms with E-state index in [2.05, 4.69) is 55.5 Å². The minimum atomic E-state index is 0.784. The molecule has 0 heterocycles. The highest BCUT2D eigenvalue weighted by molar-refractivity contribution is 5.64. The van der Waals surface area contributed by atoms with Gasteiger partial charge >= 0.3 is 0 Å². The molecule has 0 N–H and O–H groups in total. The number of rotatable bonds is 6. The normalized spacial score (nSPS) is 15.5. The van der Waals surface area contributed by atoms with Gasteiger partial charge in [-0.1, -0.05) is 69.0 Å². The third kappa shape index (κ3) is 4.37. The number of ether oxygens (including phenoxy) is 1. The summed E-state index contributed by atoms with van der Waals surface area (Å²) < 4.78 is 5.74. The molecule has 1 heteroatoms. The molecule has 1 aliphatic rings. The second kappa shape index (κ2) is 8.19. The number of benzene rings is 2. The molecule has 0 bridgehead atoms. The van der Waals surface area contributed by atoms with Crippen LogP contribution in [0.3, 0.4) is 0 Å². The Balaban J connectivity index is 1.64. The topological polar surface area (TPSA) is 9.23 Å². The fourth-order valence-electron chi connectivity index (χ4n) is 3.46. The number of hydrogen-bond acceptors (Lipinski definition) is 1. The van der Waals surface area contributed by atoms with Gasteiger partial charge in [0.05, 0.1) is 6.61 Å². The van der Waals surface area contributed by atoms with Crippen LogP contribution in [0.25, 0.3) is 11.1 Å². The second-order valence-corrected chi connectivity index (χ2v) is 6.68. The van der Waals surface area contributed by atoms with Gasteiger partial charge in [0, 0.05) is 0 Å². The van der Waals surface area contributed by atoms with E-state index < -0.39 is 0 Å². The summed E-state index contributed by atoms with van der Waals surface area (Å²) in [6.45, 7) is 3.00. The van der Waals surface area contributed by atoms with E-state index >= 15 is 0 Å². The summed E-state index contributed by atoms with van der Waals surface area (Å²) in [5.74, 6) is 1.76. The van der Waals surface area contributed by atoms with Crippen molar-refractivity contribution in [1.82, 2.24) is 0 Å². The van der Waals surface area contributed by atoms with Crippen LogP contribution < -0.4 is 4.74 Å². The van der Waals surface area contributed by atoms with Crippen LogP contribution in [0.4, 0.5) is 0 Å². The zero-order valence-corrected chi connectivity index (χ0v) is 14.3. The Labute approximate surface area is 140 Å². The van der Waals surface area contributed by atoms with Gasteiger partial charge in [-0.25, -0.2) is 0 Å². The van der Waals surface area contributed by atoms with E-state index in [1.807, 2.05) is 0 Å². The Morgan fingerprint density at radius 2 is 1.43 bits per heavy atom. The van der Waals surface area contributed by atoms with Gasteiger partial charge in [0.1, 0.15) is 5.75 Å². The predicted molar refractivity (Wildman–Crippen MR) is 98.1 cm³/mol. The van der Waals surface area contributed by atoms with Crippen LogP contribution in [0.2, 0.25) is 0 Å². The van der Waals surface area contributed by atoms with Crippen LogP contribution in [-0.4, -0.2) is 6.61 Å². The average Bonchev–Trinajstić information content (AvgIpc) is 2.63. The Bertz CT molecular complexity index is 576. The molecule has 0 spiro atoms. The van der Waals surface area contributed by atoms with Crippen molar-refractivity contribution in [1.29, 1.82) is 0 Å². The molecular formula is C22H28O.